The van der Waals surface area contributed by atoms with E-state index in [9.17, 15) is 0 Å². The fraction of sp³-hybridized carbons (Fsp3) is 0.538. The van der Waals surface area contributed by atoms with Crippen LogP contribution in [0.1, 0.15) is 44.2 Å². The van der Waals surface area contributed by atoms with E-state index >= 15 is 0 Å². The number of aromatic nitrogens is 4. The SMILES string of the molecule is CCNC(c1cn(C)cn1)c1c(Br)cnn1C(C)C. The van der Waals surface area contributed by atoms with Crippen LogP contribution in [0.2, 0.25) is 0 Å². The summed E-state index contributed by atoms with van der Waals surface area (Å²) in [7, 11) is 1.98. The molecule has 1 atom stereocenters. The van der Waals surface area contributed by atoms with Crippen molar-refractivity contribution in [1.29, 1.82) is 0 Å². The first-order chi connectivity index (χ1) is 9.04. The lowest BCUT2D eigenvalue weighted by Gasteiger charge is -2.20. The molecule has 0 aromatic carbocycles. The number of halogens is 1. The zero-order chi connectivity index (χ0) is 14.0. The van der Waals surface area contributed by atoms with Crippen LogP contribution >= 0.6 is 15.9 Å². The Labute approximate surface area is 122 Å². The van der Waals surface area contributed by atoms with Crippen LogP contribution < -0.4 is 5.32 Å². The van der Waals surface area contributed by atoms with E-state index in [0.717, 1.165) is 22.4 Å². The molecular weight excluding hydrogens is 306 g/mol. The van der Waals surface area contributed by atoms with Gasteiger partial charge in [0.2, 0.25) is 0 Å². The summed E-state index contributed by atoms with van der Waals surface area (Å²) in [6.07, 6.45) is 5.71. The molecule has 0 saturated heterocycles. The maximum atomic E-state index is 4.47. The van der Waals surface area contributed by atoms with E-state index in [2.05, 4.69) is 52.1 Å². The van der Waals surface area contributed by atoms with E-state index in [1.54, 1.807) is 0 Å². The zero-order valence-electron chi connectivity index (χ0n) is 11.8. The molecule has 104 valence electrons. The highest BCUT2D eigenvalue weighted by atomic mass is 79.9. The van der Waals surface area contributed by atoms with Crippen LogP contribution in [0.15, 0.2) is 23.2 Å². The third kappa shape index (κ3) is 2.90. The molecule has 2 aromatic rings. The summed E-state index contributed by atoms with van der Waals surface area (Å²) in [6.45, 7) is 7.23. The Morgan fingerprint density at radius 3 is 2.68 bits per heavy atom. The van der Waals surface area contributed by atoms with Crippen molar-refractivity contribution in [3.8, 4) is 0 Å². The van der Waals surface area contributed by atoms with Crippen molar-refractivity contribution in [2.75, 3.05) is 6.54 Å². The van der Waals surface area contributed by atoms with Gasteiger partial charge in [0, 0.05) is 19.3 Å². The minimum absolute atomic E-state index is 0.0467. The molecule has 0 saturated carbocycles. The molecular formula is C13H20BrN5. The van der Waals surface area contributed by atoms with Gasteiger partial charge in [-0.3, -0.25) is 4.68 Å². The molecule has 19 heavy (non-hydrogen) atoms. The van der Waals surface area contributed by atoms with Crippen molar-refractivity contribution in [2.45, 2.75) is 32.9 Å². The Hall–Kier alpha value is -1.14. The summed E-state index contributed by atoms with van der Waals surface area (Å²) in [5.41, 5.74) is 2.13. The van der Waals surface area contributed by atoms with Gasteiger partial charge in [-0.2, -0.15) is 5.10 Å². The topological polar surface area (TPSA) is 47.7 Å². The molecule has 0 amide bonds. The van der Waals surface area contributed by atoms with Gasteiger partial charge in [-0.25, -0.2) is 4.98 Å². The first-order valence-corrected chi connectivity index (χ1v) is 7.28. The van der Waals surface area contributed by atoms with Crippen LogP contribution in [0, 0.1) is 0 Å². The summed E-state index contributed by atoms with van der Waals surface area (Å²) >= 11 is 3.60. The summed E-state index contributed by atoms with van der Waals surface area (Å²) in [4.78, 5) is 4.47. The van der Waals surface area contributed by atoms with Crippen molar-refractivity contribution < 1.29 is 0 Å². The normalized spacial score (nSPS) is 13.2. The van der Waals surface area contributed by atoms with Crippen LogP contribution in [-0.4, -0.2) is 25.9 Å². The maximum absolute atomic E-state index is 4.47. The zero-order valence-corrected chi connectivity index (χ0v) is 13.3. The Kier molecular flexibility index (Phi) is 4.42. The van der Waals surface area contributed by atoms with Crippen molar-refractivity contribution in [3.63, 3.8) is 0 Å². The Morgan fingerprint density at radius 1 is 1.42 bits per heavy atom. The van der Waals surface area contributed by atoms with Gasteiger partial charge in [0.05, 0.1) is 34.4 Å². The third-order valence-electron chi connectivity index (χ3n) is 2.98. The van der Waals surface area contributed by atoms with Gasteiger partial charge < -0.3 is 9.88 Å². The standard InChI is InChI=1S/C13H20BrN5/c1-5-15-12(11-7-18(4)8-16-11)13-10(14)6-17-19(13)9(2)3/h6-9,12,15H,5H2,1-4H3. The monoisotopic (exact) mass is 325 g/mol. The van der Waals surface area contributed by atoms with Crippen molar-refractivity contribution in [3.05, 3.63) is 34.6 Å². The highest BCUT2D eigenvalue weighted by Crippen LogP contribution is 2.29. The van der Waals surface area contributed by atoms with Crippen LogP contribution in [0.25, 0.3) is 0 Å². The fourth-order valence-electron chi connectivity index (χ4n) is 2.16. The van der Waals surface area contributed by atoms with E-state index in [1.165, 1.54) is 0 Å². The quantitative estimate of drug-likeness (QED) is 0.919. The molecule has 5 nitrogen and oxygen atoms in total. The minimum Gasteiger partial charge on any atom is -0.340 e. The number of imidazole rings is 1. The second-order valence-electron chi connectivity index (χ2n) is 4.87. The molecule has 0 fully saturated rings. The lowest BCUT2D eigenvalue weighted by molar-refractivity contribution is 0.472. The molecule has 0 bridgehead atoms. The highest BCUT2D eigenvalue weighted by Gasteiger charge is 2.24. The molecule has 0 spiro atoms. The summed E-state index contributed by atoms with van der Waals surface area (Å²) in [5, 5.41) is 7.93. The second kappa shape index (κ2) is 5.88. The molecule has 2 rings (SSSR count). The average Bonchev–Trinajstić information content (AvgIpc) is 2.93. The molecule has 0 radical (unpaired) electrons. The van der Waals surface area contributed by atoms with Gasteiger partial charge in [-0.05, 0) is 36.3 Å². The predicted octanol–water partition coefficient (Wildman–Crippen LogP) is 2.66. The Bertz CT molecular complexity index is 543. The number of hydrogen-bond donors (Lipinski definition) is 1. The molecule has 0 aliphatic carbocycles. The highest BCUT2D eigenvalue weighted by molar-refractivity contribution is 9.10. The maximum Gasteiger partial charge on any atom is 0.0949 e. The van der Waals surface area contributed by atoms with Gasteiger partial charge in [0.15, 0.2) is 0 Å². The van der Waals surface area contributed by atoms with Crippen LogP contribution in [0.5, 0.6) is 0 Å². The van der Waals surface area contributed by atoms with Gasteiger partial charge in [0.25, 0.3) is 0 Å². The van der Waals surface area contributed by atoms with Gasteiger partial charge in [-0.1, -0.05) is 6.92 Å². The molecule has 2 heterocycles. The van der Waals surface area contributed by atoms with Crippen molar-refractivity contribution in [2.24, 2.45) is 7.05 Å². The van der Waals surface area contributed by atoms with E-state index in [0.29, 0.717) is 6.04 Å². The Morgan fingerprint density at radius 2 is 2.16 bits per heavy atom. The summed E-state index contributed by atoms with van der Waals surface area (Å²) < 4.78 is 5.01. The van der Waals surface area contributed by atoms with Gasteiger partial charge >= 0.3 is 0 Å². The number of nitrogens with zero attached hydrogens (tertiary/aromatic N) is 4. The van der Waals surface area contributed by atoms with Crippen LogP contribution in [-0.2, 0) is 7.05 Å². The first kappa shape index (κ1) is 14.3. The van der Waals surface area contributed by atoms with Crippen LogP contribution in [0.3, 0.4) is 0 Å². The smallest absolute Gasteiger partial charge is 0.0949 e. The first-order valence-electron chi connectivity index (χ1n) is 6.48. The number of nitrogens with one attached hydrogen (secondary N) is 1. The lowest BCUT2D eigenvalue weighted by atomic mass is 10.1. The molecule has 1 N–H and O–H groups in total. The third-order valence-corrected chi connectivity index (χ3v) is 3.59. The molecule has 1 unspecified atom stereocenters. The molecule has 6 heteroatoms. The molecule has 0 aliphatic rings. The number of hydrogen-bond acceptors (Lipinski definition) is 3. The fourth-order valence-corrected chi connectivity index (χ4v) is 2.66. The van der Waals surface area contributed by atoms with Crippen molar-refractivity contribution >= 4 is 15.9 Å². The largest absolute Gasteiger partial charge is 0.340 e. The van der Waals surface area contributed by atoms with E-state index in [1.807, 2.05) is 35.0 Å². The van der Waals surface area contributed by atoms with Crippen molar-refractivity contribution in [1.82, 2.24) is 24.6 Å². The van der Waals surface area contributed by atoms with E-state index < -0.39 is 0 Å². The molecule has 0 aliphatic heterocycles. The summed E-state index contributed by atoms with van der Waals surface area (Å²) in [6, 6.07) is 0.358. The molecule has 2 aromatic heterocycles. The predicted molar refractivity (Wildman–Crippen MR) is 79.0 cm³/mol. The van der Waals surface area contributed by atoms with E-state index in [-0.39, 0.29) is 6.04 Å². The van der Waals surface area contributed by atoms with Crippen LogP contribution in [0.4, 0.5) is 0 Å². The minimum atomic E-state index is 0.0467. The average molecular weight is 326 g/mol. The summed E-state index contributed by atoms with van der Waals surface area (Å²) in [5.74, 6) is 0. The number of rotatable bonds is 5. The second-order valence-corrected chi connectivity index (χ2v) is 5.73. The Balaban J connectivity index is 2.47. The number of aryl methyl sites for hydroxylation is 1. The van der Waals surface area contributed by atoms with Gasteiger partial charge in [0.1, 0.15) is 0 Å². The lowest BCUT2D eigenvalue weighted by Crippen LogP contribution is -2.26. The van der Waals surface area contributed by atoms with Gasteiger partial charge in [-0.15, -0.1) is 0 Å². The van der Waals surface area contributed by atoms with E-state index in [4.69, 9.17) is 0 Å².